The predicted molar refractivity (Wildman–Crippen MR) is 71.2 cm³/mol. The molecule has 0 aliphatic heterocycles. The highest BCUT2D eigenvalue weighted by Gasteiger charge is 2.18. The van der Waals surface area contributed by atoms with Crippen LogP contribution in [0, 0.1) is 6.92 Å². The summed E-state index contributed by atoms with van der Waals surface area (Å²) in [6.45, 7) is 1.95. The van der Waals surface area contributed by atoms with Crippen LogP contribution in [0.5, 0.6) is 0 Å². The minimum Gasteiger partial charge on any atom is -0.469 e. The molecule has 2 aromatic heterocycles. The van der Waals surface area contributed by atoms with Crippen LogP contribution < -0.4 is 0 Å². The van der Waals surface area contributed by atoms with E-state index in [2.05, 4.69) is 31.9 Å². The van der Waals surface area contributed by atoms with Crippen LogP contribution in [-0.4, -0.2) is 0 Å². The second-order valence-corrected chi connectivity index (χ2v) is 6.79. The zero-order valence-electron chi connectivity index (χ0n) is 7.76. The number of aryl methyl sites for hydroxylation is 1. The van der Waals surface area contributed by atoms with Crippen molar-refractivity contribution < 1.29 is 4.42 Å². The number of furan rings is 1. The lowest BCUT2D eigenvalue weighted by atomic mass is 10.1. The zero-order chi connectivity index (χ0) is 11.0. The third-order valence-electron chi connectivity index (χ3n) is 2.09. The van der Waals surface area contributed by atoms with Gasteiger partial charge in [-0.1, -0.05) is 27.5 Å². The Kier molecular flexibility index (Phi) is 3.60. The van der Waals surface area contributed by atoms with Gasteiger partial charge in [0.2, 0.25) is 0 Å². The first-order valence-corrected chi connectivity index (χ1v) is 7.12. The summed E-state index contributed by atoms with van der Waals surface area (Å²) >= 11 is 14.7. The van der Waals surface area contributed by atoms with Crippen molar-refractivity contribution in [1.29, 1.82) is 0 Å². The lowest BCUT2D eigenvalue weighted by molar-refractivity contribution is 0.530. The maximum absolute atomic E-state index is 5.99. The third-order valence-corrected chi connectivity index (χ3v) is 5.92. The summed E-state index contributed by atoms with van der Waals surface area (Å²) in [6.07, 6.45) is 1.70. The Morgan fingerprint density at radius 2 is 2.27 bits per heavy atom. The van der Waals surface area contributed by atoms with Crippen molar-refractivity contribution in [3.05, 3.63) is 43.4 Å². The van der Waals surface area contributed by atoms with Gasteiger partial charge in [0.1, 0.15) is 5.76 Å². The monoisotopic (exact) mass is 368 g/mol. The first kappa shape index (κ1) is 11.7. The maximum atomic E-state index is 5.99. The first-order valence-electron chi connectivity index (χ1n) is 4.22. The predicted octanol–water partition coefficient (Wildman–Crippen LogP) is 5.55. The highest BCUT2D eigenvalue weighted by Crippen LogP contribution is 2.42. The number of rotatable bonds is 2. The van der Waals surface area contributed by atoms with Gasteiger partial charge < -0.3 is 4.42 Å². The molecule has 15 heavy (non-hydrogen) atoms. The Labute approximate surface area is 114 Å². The van der Waals surface area contributed by atoms with Crippen LogP contribution in [0.3, 0.4) is 0 Å². The summed E-state index contributed by atoms with van der Waals surface area (Å²) in [7, 11) is 0. The van der Waals surface area contributed by atoms with Crippen LogP contribution in [0.2, 0.25) is 5.02 Å². The molecule has 0 aliphatic rings. The molecule has 0 saturated heterocycles. The van der Waals surface area contributed by atoms with Gasteiger partial charge in [-0.3, -0.25) is 0 Å². The Hall–Kier alpha value is 0.230. The summed E-state index contributed by atoms with van der Waals surface area (Å²) in [6, 6.07) is 3.93. The Bertz CT molecular complexity index is 458. The van der Waals surface area contributed by atoms with Crippen molar-refractivity contribution in [1.82, 2.24) is 0 Å². The molecule has 0 amide bonds. The molecule has 2 aromatic rings. The molecular weight excluding hydrogens is 363 g/mol. The summed E-state index contributed by atoms with van der Waals surface area (Å²) < 4.78 is 6.24. The fourth-order valence-corrected chi connectivity index (χ4v) is 3.93. The van der Waals surface area contributed by atoms with Gasteiger partial charge in [-0.15, -0.1) is 11.3 Å². The molecule has 1 atom stereocenters. The number of hydrogen-bond donors (Lipinski definition) is 0. The van der Waals surface area contributed by atoms with Crippen LogP contribution in [0.25, 0.3) is 0 Å². The SMILES string of the molecule is Cc1occc1C(Br)c1cc(Cl)c(Br)s1. The van der Waals surface area contributed by atoms with Crippen molar-refractivity contribution >= 4 is 54.8 Å². The van der Waals surface area contributed by atoms with Gasteiger partial charge in [0.25, 0.3) is 0 Å². The van der Waals surface area contributed by atoms with Gasteiger partial charge >= 0.3 is 0 Å². The summed E-state index contributed by atoms with van der Waals surface area (Å²) in [4.78, 5) is 1.31. The van der Waals surface area contributed by atoms with E-state index in [9.17, 15) is 0 Å². The zero-order valence-corrected chi connectivity index (χ0v) is 12.5. The van der Waals surface area contributed by atoms with Gasteiger partial charge in [-0.25, -0.2) is 0 Å². The van der Waals surface area contributed by atoms with Crippen molar-refractivity contribution in [3.63, 3.8) is 0 Å². The van der Waals surface area contributed by atoms with Crippen LogP contribution in [-0.2, 0) is 0 Å². The molecule has 0 radical (unpaired) electrons. The van der Waals surface area contributed by atoms with Gasteiger partial charge in [-0.05, 0) is 35.0 Å². The Morgan fingerprint density at radius 1 is 1.53 bits per heavy atom. The number of thiophene rings is 1. The molecule has 1 nitrogen and oxygen atoms in total. The molecule has 0 N–H and O–H groups in total. The van der Waals surface area contributed by atoms with E-state index < -0.39 is 0 Å². The van der Waals surface area contributed by atoms with E-state index in [0.717, 1.165) is 25.0 Å². The molecule has 5 heteroatoms. The molecule has 0 spiro atoms. The molecule has 0 aliphatic carbocycles. The van der Waals surface area contributed by atoms with Gasteiger partial charge in [0, 0.05) is 10.4 Å². The fraction of sp³-hybridized carbons (Fsp3) is 0.200. The van der Waals surface area contributed by atoms with E-state index in [1.54, 1.807) is 17.6 Å². The topological polar surface area (TPSA) is 13.1 Å². The average molecular weight is 370 g/mol. The van der Waals surface area contributed by atoms with Crippen molar-refractivity contribution in [2.24, 2.45) is 0 Å². The smallest absolute Gasteiger partial charge is 0.105 e. The molecule has 1 unspecified atom stereocenters. The van der Waals surface area contributed by atoms with Crippen molar-refractivity contribution in [2.45, 2.75) is 11.8 Å². The molecule has 0 aromatic carbocycles. The lowest BCUT2D eigenvalue weighted by Gasteiger charge is -2.05. The van der Waals surface area contributed by atoms with E-state index in [-0.39, 0.29) is 4.83 Å². The van der Waals surface area contributed by atoms with Crippen LogP contribution in [0.15, 0.2) is 26.6 Å². The Balaban J connectivity index is 2.36. The fourth-order valence-electron chi connectivity index (χ4n) is 1.30. The molecule has 0 saturated carbocycles. The van der Waals surface area contributed by atoms with Crippen molar-refractivity contribution in [3.8, 4) is 0 Å². The van der Waals surface area contributed by atoms with E-state index in [4.69, 9.17) is 16.0 Å². The second kappa shape index (κ2) is 4.62. The lowest BCUT2D eigenvalue weighted by Crippen LogP contribution is -1.88. The maximum Gasteiger partial charge on any atom is 0.105 e. The minimum absolute atomic E-state index is 0.144. The summed E-state index contributed by atoms with van der Waals surface area (Å²) in [5.74, 6) is 0.928. The van der Waals surface area contributed by atoms with E-state index in [1.807, 2.05) is 19.1 Å². The van der Waals surface area contributed by atoms with Crippen LogP contribution in [0.1, 0.15) is 21.0 Å². The van der Waals surface area contributed by atoms with Crippen molar-refractivity contribution in [2.75, 3.05) is 0 Å². The van der Waals surface area contributed by atoms with Gasteiger partial charge in [-0.2, -0.15) is 0 Å². The Morgan fingerprint density at radius 3 is 2.73 bits per heavy atom. The van der Waals surface area contributed by atoms with E-state index >= 15 is 0 Å². The number of hydrogen-bond acceptors (Lipinski definition) is 2. The highest BCUT2D eigenvalue weighted by molar-refractivity contribution is 9.11. The largest absolute Gasteiger partial charge is 0.469 e. The molecule has 0 fully saturated rings. The first-order chi connectivity index (χ1) is 7.09. The molecule has 80 valence electrons. The van der Waals surface area contributed by atoms with E-state index in [0.29, 0.717) is 0 Å². The third kappa shape index (κ3) is 2.33. The van der Waals surface area contributed by atoms with E-state index in [1.165, 1.54) is 0 Å². The number of halogens is 3. The average Bonchev–Trinajstić information content (AvgIpc) is 2.74. The standard InChI is InChI=1S/C10H7Br2ClOS/c1-5-6(2-3-14-5)9(11)8-4-7(13)10(12)15-8/h2-4,9H,1H3. The normalized spacial score (nSPS) is 13.1. The van der Waals surface area contributed by atoms with Gasteiger partial charge in [0.15, 0.2) is 0 Å². The molecule has 2 rings (SSSR count). The molecular formula is C10H7Br2ClOS. The minimum atomic E-state index is 0.144. The van der Waals surface area contributed by atoms with Crippen LogP contribution in [0.4, 0.5) is 0 Å². The summed E-state index contributed by atoms with van der Waals surface area (Å²) in [5, 5.41) is 0.751. The number of alkyl halides is 1. The van der Waals surface area contributed by atoms with Gasteiger partial charge in [0.05, 0.1) is 19.9 Å². The highest BCUT2D eigenvalue weighted by atomic mass is 79.9. The molecule has 0 bridgehead atoms. The quantitative estimate of drug-likeness (QED) is 0.632. The second-order valence-electron chi connectivity index (χ2n) is 3.07. The summed E-state index contributed by atoms with van der Waals surface area (Å²) in [5.41, 5.74) is 1.14. The van der Waals surface area contributed by atoms with Crippen LogP contribution >= 0.6 is 54.8 Å². The molecule has 2 heterocycles.